The van der Waals surface area contributed by atoms with Gasteiger partial charge in [0.25, 0.3) is 6.43 Å². The van der Waals surface area contributed by atoms with Gasteiger partial charge >= 0.3 is 17.9 Å². The van der Waals surface area contributed by atoms with E-state index in [9.17, 15) is 32.1 Å². The maximum absolute atomic E-state index is 12.5. The zero-order valence-electron chi connectivity index (χ0n) is 8.04. The minimum atomic E-state index is -5.26. The van der Waals surface area contributed by atoms with Gasteiger partial charge in [0.1, 0.15) is 9.26 Å². The number of aromatic nitrogens is 1. The van der Waals surface area contributed by atoms with Crippen molar-refractivity contribution < 1.29 is 31.6 Å². The molecule has 0 amide bonds. The third kappa shape index (κ3) is 3.61. The van der Waals surface area contributed by atoms with Gasteiger partial charge in [0, 0.05) is 0 Å². The van der Waals surface area contributed by atoms with Crippen molar-refractivity contribution in [2.75, 3.05) is 0 Å². The van der Waals surface area contributed by atoms with E-state index in [4.69, 9.17) is 0 Å². The molecule has 1 aromatic rings. The number of ether oxygens (including phenoxy) is 1. The van der Waals surface area contributed by atoms with E-state index in [-0.39, 0.29) is 3.70 Å². The first-order valence-corrected chi connectivity index (χ1v) is 5.08. The third-order valence-electron chi connectivity index (χ3n) is 1.59. The Hall–Kier alpha value is -1.27. The molecule has 0 aromatic carbocycles. The van der Waals surface area contributed by atoms with Crippen LogP contribution in [0.4, 0.5) is 27.6 Å². The highest BCUT2D eigenvalue weighted by Gasteiger charge is 2.38. The standard InChI is InChI=1S/C7H2F5IN2O3/c8-5(9)2-1-3(13)14-6(4(2)15(16)17)18-7(10,11)12/h1,5H. The zero-order valence-corrected chi connectivity index (χ0v) is 10.2. The summed E-state index contributed by atoms with van der Waals surface area (Å²) in [5.74, 6) is -1.50. The average molecular weight is 384 g/mol. The van der Waals surface area contributed by atoms with Crippen LogP contribution >= 0.6 is 22.6 Å². The van der Waals surface area contributed by atoms with Crippen molar-refractivity contribution in [3.63, 3.8) is 0 Å². The fourth-order valence-corrected chi connectivity index (χ4v) is 1.59. The van der Waals surface area contributed by atoms with Gasteiger partial charge in [-0.2, -0.15) is 0 Å². The fraction of sp³-hybridized carbons (Fsp3) is 0.286. The average Bonchev–Trinajstić information content (AvgIpc) is 2.12. The van der Waals surface area contributed by atoms with Crippen molar-refractivity contribution in [3.8, 4) is 5.88 Å². The summed E-state index contributed by atoms with van der Waals surface area (Å²) in [7, 11) is 0. The molecular formula is C7H2F5IN2O3. The molecule has 0 unspecified atom stereocenters. The summed E-state index contributed by atoms with van der Waals surface area (Å²) < 4.78 is 63.9. The van der Waals surface area contributed by atoms with E-state index in [0.717, 1.165) is 0 Å². The lowest BCUT2D eigenvalue weighted by Gasteiger charge is -2.10. The Morgan fingerprint density at radius 2 is 2.00 bits per heavy atom. The van der Waals surface area contributed by atoms with Crippen LogP contribution in [-0.2, 0) is 0 Å². The highest BCUT2D eigenvalue weighted by molar-refractivity contribution is 14.1. The Labute approximate surface area is 109 Å². The van der Waals surface area contributed by atoms with Crippen molar-refractivity contribution in [2.45, 2.75) is 12.8 Å². The van der Waals surface area contributed by atoms with Crippen LogP contribution in [0.3, 0.4) is 0 Å². The largest absolute Gasteiger partial charge is 0.574 e. The Bertz CT molecular complexity index is 479. The fourth-order valence-electron chi connectivity index (χ4n) is 1.03. The quantitative estimate of drug-likeness (QED) is 0.263. The van der Waals surface area contributed by atoms with Crippen LogP contribution in [0.5, 0.6) is 5.88 Å². The van der Waals surface area contributed by atoms with Crippen molar-refractivity contribution >= 4 is 28.3 Å². The Kier molecular flexibility index (Phi) is 4.24. The number of nitro groups is 1. The van der Waals surface area contributed by atoms with E-state index < -0.39 is 34.8 Å². The molecule has 0 atom stereocenters. The van der Waals surface area contributed by atoms with Gasteiger partial charge < -0.3 is 4.74 Å². The Morgan fingerprint density at radius 1 is 1.44 bits per heavy atom. The van der Waals surface area contributed by atoms with Crippen LogP contribution in [0.25, 0.3) is 0 Å². The van der Waals surface area contributed by atoms with E-state index in [2.05, 4.69) is 9.72 Å². The van der Waals surface area contributed by atoms with Gasteiger partial charge in [0.05, 0.1) is 4.92 Å². The summed E-state index contributed by atoms with van der Waals surface area (Å²) in [6, 6.07) is 0.618. The lowest BCUT2D eigenvalue weighted by molar-refractivity contribution is -0.390. The van der Waals surface area contributed by atoms with Gasteiger partial charge in [-0.3, -0.25) is 10.1 Å². The minimum absolute atomic E-state index is 0.284. The summed E-state index contributed by atoms with van der Waals surface area (Å²) in [4.78, 5) is 12.2. The molecule has 100 valence electrons. The molecule has 0 saturated carbocycles. The van der Waals surface area contributed by atoms with E-state index in [1.54, 1.807) is 0 Å². The van der Waals surface area contributed by atoms with Gasteiger partial charge in [0.2, 0.25) is 0 Å². The normalized spacial score (nSPS) is 11.7. The summed E-state index contributed by atoms with van der Waals surface area (Å²) in [5, 5.41) is 10.5. The minimum Gasteiger partial charge on any atom is -0.381 e. The van der Waals surface area contributed by atoms with Crippen LogP contribution in [0.1, 0.15) is 12.0 Å². The van der Waals surface area contributed by atoms with E-state index in [0.29, 0.717) is 6.07 Å². The van der Waals surface area contributed by atoms with Gasteiger partial charge in [-0.05, 0) is 28.7 Å². The highest BCUT2D eigenvalue weighted by Crippen LogP contribution is 2.38. The Morgan fingerprint density at radius 3 is 2.39 bits per heavy atom. The predicted octanol–water partition coefficient (Wildman–Crippen LogP) is 3.43. The zero-order chi connectivity index (χ0) is 14.1. The Balaban J connectivity index is 3.44. The number of halogens is 6. The van der Waals surface area contributed by atoms with Crippen molar-refractivity contribution in [1.82, 2.24) is 4.98 Å². The van der Waals surface area contributed by atoms with Gasteiger partial charge in [-0.15, -0.1) is 13.2 Å². The van der Waals surface area contributed by atoms with Gasteiger partial charge in [0.15, 0.2) is 0 Å². The molecule has 1 aromatic heterocycles. The molecular weight excluding hydrogens is 382 g/mol. The van der Waals surface area contributed by atoms with E-state index in [1.165, 1.54) is 22.6 Å². The third-order valence-corrected chi connectivity index (χ3v) is 2.14. The van der Waals surface area contributed by atoms with Crippen LogP contribution < -0.4 is 4.74 Å². The first-order valence-electron chi connectivity index (χ1n) is 4.00. The summed E-state index contributed by atoms with van der Waals surface area (Å²) in [5.41, 5.74) is -2.68. The van der Waals surface area contributed by atoms with Crippen molar-refractivity contribution in [3.05, 3.63) is 25.4 Å². The van der Waals surface area contributed by atoms with Crippen molar-refractivity contribution in [2.24, 2.45) is 0 Å². The molecule has 0 fully saturated rings. The SMILES string of the molecule is O=[N+]([O-])c1c(C(F)F)cc(I)nc1OC(F)(F)F. The molecule has 1 rings (SSSR count). The van der Waals surface area contributed by atoms with Gasteiger partial charge in [-0.1, -0.05) is 0 Å². The molecule has 5 nitrogen and oxygen atoms in total. The molecule has 0 saturated heterocycles. The first kappa shape index (κ1) is 14.8. The maximum Gasteiger partial charge on any atom is 0.574 e. The van der Waals surface area contributed by atoms with Gasteiger partial charge in [-0.25, -0.2) is 13.8 Å². The second-order valence-electron chi connectivity index (χ2n) is 2.79. The summed E-state index contributed by atoms with van der Waals surface area (Å²) in [6.07, 6.45) is -8.58. The van der Waals surface area contributed by atoms with E-state index in [1.807, 2.05) is 0 Å². The molecule has 18 heavy (non-hydrogen) atoms. The molecule has 0 spiro atoms. The molecule has 0 aliphatic carbocycles. The lowest BCUT2D eigenvalue weighted by atomic mass is 10.2. The van der Waals surface area contributed by atoms with Crippen LogP contribution in [0.15, 0.2) is 6.07 Å². The molecule has 0 aliphatic rings. The molecule has 1 heterocycles. The lowest BCUT2D eigenvalue weighted by Crippen LogP contribution is -2.19. The number of pyridine rings is 1. The molecule has 0 aliphatic heterocycles. The molecule has 0 N–H and O–H groups in total. The number of alkyl halides is 5. The summed E-state index contributed by atoms with van der Waals surface area (Å²) >= 11 is 1.34. The molecule has 0 radical (unpaired) electrons. The topological polar surface area (TPSA) is 65.3 Å². The van der Waals surface area contributed by atoms with E-state index >= 15 is 0 Å². The number of nitrogens with zero attached hydrogens (tertiary/aromatic N) is 2. The smallest absolute Gasteiger partial charge is 0.381 e. The maximum atomic E-state index is 12.5. The number of hydrogen-bond donors (Lipinski definition) is 0. The number of rotatable bonds is 3. The monoisotopic (exact) mass is 384 g/mol. The second kappa shape index (κ2) is 5.16. The molecule has 0 bridgehead atoms. The predicted molar refractivity (Wildman–Crippen MR) is 55.2 cm³/mol. The second-order valence-corrected chi connectivity index (χ2v) is 3.90. The molecule has 11 heteroatoms. The van der Waals surface area contributed by atoms with Crippen molar-refractivity contribution in [1.29, 1.82) is 0 Å². The van der Waals surface area contributed by atoms with Crippen LogP contribution in [0.2, 0.25) is 0 Å². The van der Waals surface area contributed by atoms with Crippen LogP contribution in [-0.4, -0.2) is 16.3 Å². The first-order chi connectivity index (χ1) is 8.11. The highest BCUT2D eigenvalue weighted by atomic mass is 127. The summed E-state index contributed by atoms with van der Waals surface area (Å²) in [6.45, 7) is 0. The van der Waals surface area contributed by atoms with Crippen LogP contribution in [0, 0.1) is 13.8 Å². The number of hydrogen-bond acceptors (Lipinski definition) is 4.